The van der Waals surface area contributed by atoms with E-state index in [1.807, 2.05) is 0 Å². The third kappa shape index (κ3) is 5.72. The van der Waals surface area contributed by atoms with Crippen LogP contribution in [0.5, 0.6) is 11.5 Å². The number of ether oxygens (including phenoxy) is 3. The maximum Gasteiger partial charge on any atom is 0.331 e. The maximum absolute atomic E-state index is 11.9. The van der Waals surface area contributed by atoms with Crippen molar-refractivity contribution in [2.45, 2.75) is 18.9 Å². The molecule has 0 radical (unpaired) electrons. The first-order valence-electron chi connectivity index (χ1n) is 8.25. The number of nitrogens with one attached hydrogen (secondary N) is 1. The van der Waals surface area contributed by atoms with Crippen LogP contribution in [-0.2, 0) is 24.2 Å². The highest BCUT2D eigenvalue weighted by Crippen LogP contribution is 2.31. The zero-order chi connectivity index (χ0) is 20.1. The Bertz CT molecular complexity index is 847. The van der Waals surface area contributed by atoms with E-state index >= 15 is 0 Å². The third-order valence-electron chi connectivity index (χ3n) is 4.12. The van der Waals surface area contributed by atoms with Crippen molar-refractivity contribution in [1.29, 1.82) is 0 Å². The average Bonchev–Trinajstić information content (AvgIpc) is 2.90. The number of carbonyl (C=O) groups is 2. The number of hydrogen-bond donors (Lipinski definition) is 1. The number of benzene rings is 1. The van der Waals surface area contributed by atoms with Gasteiger partial charge in [-0.1, -0.05) is 12.1 Å². The van der Waals surface area contributed by atoms with Gasteiger partial charge in [0.15, 0.2) is 27.9 Å². The van der Waals surface area contributed by atoms with Gasteiger partial charge in [-0.25, -0.2) is 13.2 Å². The van der Waals surface area contributed by atoms with Gasteiger partial charge in [0, 0.05) is 11.6 Å². The lowest BCUT2D eigenvalue weighted by Gasteiger charge is -2.23. The van der Waals surface area contributed by atoms with Crippen LogP contribution in [0.15, 0.2) is 24.3 Å². The van der Waals surface area contributed by atoms with Gasteiger partial charge in [-0.15, -0.1) is 0 Å². The first-order chi connectivity index (χ1) is 12.7. The molecule has 27 heavy (non-hydrogen) atoms. The van der Waals surface area contributed by atoms with Crippen LogP contribution < -0.4 is 14.8 Å². The third-order valence-corrected chi connectivity index (χ3v) is 6.03. The molecule has 9 heteroatoms. The van der Waals surface area contributed by atoms with E-state index in [0.29, 0.717) is 23.5 Å². The van der Waals surface area contributed by atoms with Crippen molar-refractivity contribution in [1.82, 2.24) is 5.32 Å². The highest BCUT2D eigenvalue weighted by molar-refractivity contribution is 7.91. The summed E-state index contributed by atoms with van der Waals surface area (Å²) in [6, 6.07) is 5.21. The van der Waals surface area contributed by atoms with Crippen LogP contribution in [-0.4, -0.2) is 58.2 Å². The Morgan fingerprint density at radius 2 is 2.00 bits per heavy atom. The van der Waals surface area contributed by atoms with Gasteiger partial charge in [-0.3, -0.25) is 4.79 Å². The Labute approximate surface area is 158 Å². The number of carbonyl (C=O) groups excluding carboxylic acids is 2. The number of esters is 1. The first kappa shape index (κ1) is 20.8. The van der Waals surface area contributed by atoms with Crippen LogP contribution in [0.3, 0.4) is 0 Å². The number of methoxy groups -OCH3 is 2. The van der Waals surface area contributed by atoms with E-state index in [0.717, 1.165) is 0 Å². The van der Waals surface area contributed by atoms with Crippen LogP contribution in [0.25, 0.3) is 6.08 Å². The molecular formula is C18H23NO7S. The topological polar surface area (TPSA) is 108 Å². The smallest absolute Gasteiger partial charge is 0.331 e. The average molecular weight is 397 g/mol. The lowest BCUT2D eigenvalue weighted by atomic mass is 10.0. The SMILES string of the molecule is COc1cccc(/C=C/C(=O)OCC(=O)N[C@@]2(C)CCS(=O)(=O)C2)c1OC. The van der Waals surface area contributed by atoms with Gasteiger partial charge in [0.25, 0.3) is 5.91 Å². The molecule has 1 saturated heterocycles. The predicted octanol–water partition coefficient (Wildman–Crippen LogP) is 0.954. The minimum absolute atomic E-state index is 0.0364. The summed E-state index contributed by atoms with van der Waals surface area (Å²) in [6.07, 6.45) is 3.00. The van der Waals surface area contributed by atoms with Gasteiger partial charge < -0.3 is 19.5 Å². The largest absolute Gasteiger partial charge is 0.493 e. The minimum atomic E-state index is -3.14. The minimum Gasteiger partial charge on any atom is -0.493 e. The van der Waals surface area contributed by atoms with Crippen molar-refractivity contribution >= 4 is 27.8 Å². The number of amides is 1. The zero-order valence-corrected chi connectivity index (χ0v) is 16.3. The summed E-state index contributed by atoms with van der Waals surface area (Å²) in [5.41, 5.74) is -0.214. The van der Waals surface area contributed by atoms with Crippen molar-refractivity contribution in [3.05, 3.63) is 29.8 Å². The molecule has 148 valence electrons. The summed E-state index contributed by atoms with van der Waals surface area (Å²) < 4.78 is 38.4. The van der Waals surface area contributed by atoms with Gasteiger partial charge in [0.2, 0.25) is 0 Å². The molecule has 0 bridgehead atoms. The summed E-state index contributed by atoms with van der Waals surface area (Å²) in [6.45, 7) is 1.17. The van der Waals surface area contributed by atoms with Gasteiger partial charge in [0.05, 0.1) is 31.3 Å². The second kappa shape index (κ2) is 8.43. The molecule has 1 aromatic rings. The van der Waals surface area contributed by atoms with Crippen molar-refractivity contribution in [3.8, 4) is 11.5 Å². The second-order valence-electron chi connectivity index (χ2n) is 6.47. The quantitative estimate of drug-likeness (QED) is 0.539. The molecule has 1 fully saturated rings. The fourth-order valence-electron chi connectivity index (χ4n) is 2.87. The van der Waals surface area contributed by atoms with Crippen LogP contribution in [0, 0.1) is 0 Å². The summed E-state index contributed by atoms with van der Waals surface area (Å²) in [4.78, 5) is 23.8. The zero-order valence-electron chi connectivity index (χ0n) is 15.5. The fourth-order valence-corrected chi connectivity index (χ4v) is 4.96. The van der Waals surface area contributed by atoms with Crippen molar-refractivity contribution in [2.24, 2.45) is 0 Å². The van der Waals surface area contributed by atoms with E-state index in [4.69, 9.17) is 14.2 Å². The van der Waals surface area contributed by atoms with Crippen LogP contribution in [0.1, 0.15) is 18.9 Å². The summed E-state index contributed by atoms with van der Waals surface area (Å²) in [5.74, 6) is -0.344. The van der Waals surface area contributed by atoms with E-state index in [9.17, 15) is 18.0 Å². The Morgan fingerprint density at radius 3 is 2.59 bits per heavy atom. The molecule has 1 aromatic carbocycles. The number of sulfone groups is 1. The lowest BCUT2D eigenvalue weighted by Crippen LogP contribution is -2.48. The fraction of sp³-hybridized carbons (Fsp3) is 0.444. The normalized spacial score (nSPS) is 21.0. The van der Waals surface area contributed by atoms with Crippen molar-refractivity contribution in [2.75, 3.05) is 32.3 Å². The molecule has 8 nitrogen and oxygen atoms in total. The summed E-state index contributed by atoms with van der Waals surface area (Å²) in [5, 5.41) is 2.62. The highest BCUT2D eigenvalue weighted by Gasteiger charge is 2.39. The Morgan fingerprint density at radius 1 is 1.26 bits per heavy atom. The first-order valence-corrected chi connectivity index (χ1v) is 10.1. The second-order valence-corrected chi connectivity index (χ2v) is 8.66. The summed E-state index contributed by atoms with van der Waals surface area (Å²) in [7, 11) is -0.142. The van der Waals surface area contributed by atoms with Crippen LogP contribution >= 0.6 is 0 Å². The van der Waals surface area contributed by atoms with Gasteiger partial charge in [0.1, 0.15) is 0 Å². The number of rotatable bonds is 7. The van der Waals surface area contributed by atoms with Crippen LogP contribution in [0.2, 0.25) is 0 Å². The monoisotopic (exact) mass is 397 g/mol. The molecule has 0 unspecified atom stereocenters. The van der Waals surface area contributed by atoms with Gasteiger partial charge >= 0.3 is 5.97 Å². The van der Waals surface area contributed by atoms with Crippen molar-refractivity contribution in [3.63, 3.8) is 0 Å². The molecule has 0 spiro atoms. The predicted molar refractivity (Wildman–Crippen MR) is 99.4 cm³/mol. The maximum atomic E-state index is 11.9. The molecule has 0 aliphatic carbocycles. The molecule has 0 aromatic heterocycles. The molecule has 1 heterocycles. The van der Waals surface area contributed by atoms with E-state index in [2.05, 4.69) is 5.32 Å². The molecule has 2 rings (SSSR count). The van der Waals surface area contributed by atoms with Gasteiger partial charge in [-0.2, -0.15) is 0 Å². The Balaban J connectivity index is 1.89. The number of para-hydroxylation sites is 1. The number of hydrogen-bond acceptors (Lipinski definition) is 7. The van der Waals surface area contributed by atoms with Gasteiger partial charge in [-0.05, 0) is 25.5 Å². The lowest BCUT2D eigenvalue weighted by molar-refractivity contribution is -0.144. The molecule has 1 atom stereocenters. The molecule has 1 amide bonds. The molecule has 1 N–H and O–H groups in total. The standard InChI is InChI=1S/C18H23NO7S/c1-18(9-10-27(22,23)12-18)19-15(20)11-26-16(21)8-7-13-5-4-6-14(24-2)17(13)25-3/h4-8H,9-12H2,1-3H3,(H,19,20)/b8-7+/t18-/m0/s1. The molecule has 0 saturated carbocycles. The molecule has 1 aliphatic heterocycles. The van der Waals surface area contributed by atoms with Crippen molar-refractivity contribution < 1.29 is 32.2 Å². The van der Waals surface area contributed by atoms with E-state index in [1.165, 1.54) is 26.4 Å². The van der Waals surface area contributed by atoms with Crippen LogP contribution in [0.4, 0.5) is 0 Å². The molecular weight excluding hydrogens is 374 g/mol. The Hall–Kier alpha value is -2.55. The molecule has 1 aliphatic rings. The highest BCUT2D eigenvalue weighted by atomic mass is 32.2. The summed E-state index contributed by atoms with van der Waals surface area (Å²) >= 11 is 0. The van der Waals surface area contributed by atoms with E-state index < -0.39 is 33.9 Å². The Kier molecular flexibility index (Phi) is 6.48. The van der Waals surface area contributed by atoms with E-state index in [-0.39, 0.29) is 11.5 Å². The van der Waals surface area contributed by atoms with E-state index in [1.54, 1.807) is 25.1 Å².